The van der Waals surface area contributed by atoms with E-state index < -0.39 is 56.3 Å². The Hall–Kier alpha value is -2.15. The van der Waals surface area contributed by atoms with Gasteiger partial charge in [-0.2, -0.15) is 13.1 Å². The van der Waals surface area contributed by atoms with Crippen molar-refractivity contribution in [1.29, 1.82) is 0 Å². The van der Waals surface area contributed by atoms with Crippen LogP contribution < -0.4 is 10.0 Å². The van der Waals surface area contributed by atoms with Crippen LogP contribution in [0.15, 0.2) is 30.3 Å². The fourth-order valence-corrected chi connectivity index (χ4v) is 5.62. The van der Waals surface area contributed by atoms with Gasteiger partial charge >= 0.3 is 16.3 Å². The number of benzene rings is 1. The van der Waals surface area contributed by atoms with Crippen LogP contribution in [0.25, 0.3) is 0 Å². The molecule has 1 aromatic rings. The number of rotatable bonds is 6. The van der Waals surface area contributed by atoms with Crippen LogP contribution in [0.1, 0.15) is 25.5 Å². The molecule has 2 saturated heterocycles. The maximum atomic E-state index is 12.7. The Labute approximate surface area is 165 Å². The summed E-state index contributed by atoms with van der Waals surface area (Å²) in [6.45, 7) is 3.40. The minimum Gasteiger partial charge on any atom is -0.480 e. The van der Waals surface area contributed by atoms with Gasteiger partial charge in [-0.15, -0.1) is 11.8 Å². The van der Waals surface area contributed by atoms with Gasteiger partial charge in [-0.3, -0.25) is 14.1 Å². The molecule has 0 aliphatic carbocycles. The fourth-order valence-electron chi connectivity index (χ4n) is 3.45. The summed E-state index contributed by atoms with van der Waals surface area (Å²) in [5.41, 5.74) is 0.268. The first kappa shape index (κ1) is 20.6. The normalized spacial score (nSPS) is 26.9. The number of hydrogen-bond acceptors (Lipinski definition) is 6. The predicted molar refractivity (Wildman–Crippen MR) is 99.5 cm³/mol. The second-order valence-corrected chi connectivity index (χ2v) is 9.98. The molecular weight excluding hydrogens is 410 g/mol. The molecule has 2 aliphatic rings. The van der Waals surface area contributed by atoms with Crippen LogP contribution in [-0.4, -0.2) is 63.0 Å². The number of carbonyl (C=O) groups is 3. The number of β-lactam (4-membered cyclic amide) rings is 1. The third-order valence-electron chi connectivity index (χ3n) is 4.63. The molecule has 0 aromatic heterocycles. The van der Waals surface area contributed by atoms with Gasteiger partial charge in [0.2, 0.25) is 11.8 Å². The molecular formula is C16H19N3O7S2. The second-order valence-electron chi connectivity index (χ2n) is 7.02. The zero-order valence-corrected chi connectivity index (χ0v) is 16.5. The average molecular weight is 429 g/mol. The van der Waals surface area contributed by atoms with Crippen LogP contribution in [0.3, 0.4) is 0 Å². The molecule has 0 spiro atoms. The maximum absolute atomic E-state index is 12.7. The standard InChI is InChI=1S/C16H19N3O7S2/c1-16(2)11(15(22)23)19-13(21)10(14(19)27-16)17-12(20)9(18-28(24,25)26)8-6-4-3-5-7-8/h3-7,9-11,14,18H,1-2H3,(H,17,20)(H,22,23)(H,24,25,26)/t9?,10-,11+,14-/m1/s1. The number of carboxylic acid groups (broad SMARTS) is 1. The SMILES string of the molecule is CC1(C)S[C@@H]2[C@H](NC(=O)C(NS(=O)(=O)O)c3ccccc3)C(=O)N2[C@H]1C(=O)O. The molecule has 0 saturated carbocycles. The molecule has 3 rings (SSSR count). The van der Waals surface area contributed by atoms with E-state index in [2.05, 4.69) is 5.32 Å². The first-order valence-electron chi connectivity index (χ1n) is 8.25. The van der Waals surface area contributed by atoms with Crippen molar-refractivity contribution in [3.05, 3.63) is 35.9 Å². The van der Waals surface area contributed by atoms with E-state index in [0.29, 0.717) is 0 Å². The Morgan fingerprint density at radius 2 is 1.86 bits per heavy atom. The first-order chi connectivity index (χ1) is 12.9. The summed E-state index contributed by atoms with van der Waals surface area (Å²) in [5.74, 6) is -2.52. The van der Waals surface area contributed by atoms with Crippen LogP contribution in [-0.2, 0) is 24.7 Å². The van der Waals surface area contributed by atoms with Crippen LogP contribution in [0, 0.1) is 0 Å². The highest BCUT2D eigenvalue weighted by molar-refractivity contribution is 8.01. The topological polar surface area (TPSA) is 153 Å². The Morgan fingerprint density at radius 3 is 2.39 bits per heavy atom. The number of hydrogen-bond donors (Lipinski definition) is 4. The number of carbonyl (C=O) groups excluding carboxylic acids is 2. The van der Waals surface area contributed by atoms with E-state index in [1.165, 1.54) is 28.8 Å². The van der Waals surface area contributed by atoms with Crippen LogP contribution in [0.5, 0.6) is 0 Å². The van der Waals surface area contributed by atoms with Gasteiger partial charge in [-0.05, 0) is 19.4 Å². The van der Waals surface area contributed by atoms with E-state index in [-0.39, 0.29) is 5.56 Å². The van der Waals surface area contributed by atoms with Gasteiger partial charge < -0.3 is 15.3 Å². The van der Waals surface area contributed by atoms with E-state index in [0.717, 1.165) is 0 Å². The Morgan fingerprint density at radius 1 is 1.25 bits per heavy atom. The predicted octanol–water partition coefficient (Wildman–Crippen LogP) is -0.248. The molecule has 2 aliphatic heterocycles. The second kappa shape index (κ2) is 7.03. The van der Waals surface area contributed by atoms with Crippen molar-refractivity contribution in [2.24, 2.45) is 0 Å². The van der Waals surface area contributed by atoms with Gasteiger partial charge in [0.1, 0.15) is 23.5 Å². The van der Waals surface area contributed by atoms with E-state index in [1.807, 2.05) is 4.72 Å². The molecule has 0 bridgehead atoms. The highest BCUT2D eigenvalue weighted by atomic mass is 32.2. The lowest BCUT2D eigenvalue weighted by Gasteiger charge is -2.43. The summed E-state index contributed by atoms with van der Waals surface area (Å²) in [6.07, 6.45) is 0. The third kappa shape index (κ3) is 3.72. The zero-order valence-electron chi connectivity index (χ0n) is 14.9. The molecule has 1 unspecified atom stereocenters. The summed E-state index contributed by atoms with van der Waals surface area (Å²) in [6, 6.07) is 4.36. The van der Waals surface area contributed by atoms with Crippen LogP contribution in [0.2, 0.25) is 0 Å². The quantitative estimate of drug-likeness (QED) is 0.357. The molecule has 4 atom stereocenters. The van der Waals surface area contributed by atoms with Gasteiger partial charge in [0.05, 0.1) is 0 Å². The number of nitrogens with zero attached hydrogens (tertiary/aromatic N) is 1. The zero-order chi connectivity index (χ0) is 20.9. The molecule has 152 valence electrons. The van der Waals surface area contributed by atoms with E-state index in [1.54, 1.807) is 32.0 Å². The van der Waals surface area contributed by atoms with Crippen LogP contribution in [0.4, 0.5) is 0 Å². The summed E-state index contributed by atoms with van der Waals surface area (Å²) >= 11 is 1.25. The third-order valence-corrected chi connectivity index (χ3v) is 6.74. The van der Waals surface area contributed by atoms with Crippen molar-refractivity contribution >= 4 is 39.8 Å². The maximum Gasteiger partial charge on any atom is 0.334 e. The molecule has 0 radical (unpaired) electrons. The minimum atomic E-state index is -4.70. The smallest absolute Gasteiger partial charge is 0.334 e. The van der Waals surface area contributed by atoms with E-state index >= 15 is 0 Å². The number of aliphatic carboxylic acids is 1. The number of thioether (sulfide) groups is 1. The largest absolute Gasteiger partial charge is 0.480 e. The fraction of sp³-hybridized carbons (Fsp3) is 0.438. The van der Waals surface area contributed by atoms with Gasteiger partial charge in [0.25, 0.3) is 0 Å². The number of nitrogens with one attached hydrogen (secondary N) is 2. The number of carboxylic acids is 1. The highest BCUT2D eigenvalue weighted by Gasteiger charge is 2.64. The molecule has 4 N–H and O–H groups in total. The Balaban J connectivity index is 1.80. The van der Waals surface area contributed by atoms with Crippen molar-refractivity contribution in [3.8, 4) is 0 Å². The van der Waals surface area contributed by atoms with E-state index in [9.17, 15) is 27.9 Å². The summed E-state index contributed by atoms with van der Waals surface area (Å²) in [5, 5.41) is 11.3. The van der Waals surface area contributed by atoms with Crippen LogP contribution >= 0.6 is 11.8 Å². The van der Waals surface area contributed by atoms with Gasteiger partial charge in [-0.1, -0.05) is 30.3 Å². The Bertz CT molecular complexity index is 919. The van der Waals surface area contributed by atoms with Gasteiger partial charge in [-0.25, -0.2) is 4.79 Å². The minimum absolute atomic E-state index is 0.268. The average Bonchev–Trinajstić information content (AvgIpc) is 2.85. The monoisotopic (exact) mass is 429 g/mol. The van der Waals surface area contributed by atoms with Gasteiger partial charge in [0, 0.05) is 4.75 Å². The van der Waals surface area contributed by atoms with Crippen molar-refractivity contribution in [2.45, 2.75) is 42.1 Å². The Kier molecular flexibility index (Phi) is 5.17. The summed E-state index contributed by atoms with van der Waals surface area (Å²) in [4.78, 5) is 37.9. The van der Waals surface area contributed by atoms with Gasteiger partial charge in [0.15, 0.2) is 0 Å². The first-order valence-corrected chi connectivity index (χ1v) is 10.6. The van der Waals surface area contributed by atoms with Crippen molar-refractivity contribution in [1.82, 2.24) is 14.9 Å². The lowest BCUT2D eigenvalue weighted by molar-refractivity contribution is -0.161. The molecule has 2 fully saturated rings. The van der Waals surface area contributed by atoms with E-state index in [4.69, 9.17) is 4.55 Å². The molecule has 10 nitrogen and oxygen atoms in total. The van der Waals surface area contributed by atoms with Crippen molar-refractivity contribution in [2.75, 3.05) is 0 Å². The molecule has 1 aromatic carbocycles. The molecule has 2 amide bonds. The number of fused-ring (bicyclic) bond motifs is 1. The molecule has 12 heteroatoms. The van der Waals surface area contributed by atoms with Crippen molar-refractivity contribution < 1.29 is 32.5 Å². The number of amides is 2. The molecule has 28 heavy (non-hydrogen) atoms. The van der Waals surface area contributed by atoms with Crippen molar-refractivity contribution in [3.63, 3.8) is 0 Å². The lowest BCUT2D eigenvalue weighted by atomic mass is 9.95. The summed E-state index contributed by atoms with van der Waals surface area (Å²) in [7, 11) is -4.70. The summed E-state index contributed by atoms with van der Waals surface area (Å²) < 4.78 is 32.7. The molecule has 2 heterocycles. The highest BCUT2D eigenvalue weighted by Crippen LogP contribution is 2.50. The lowest BCUT2D eigenvalue weighted by Crippen LogP contribution is -2.71.